The fraction of sp³-hybridized carbons (Fsp3) is 0.312. The van der Waals surface area contributed by atoms with Crippen molar-refractivity contribution in [3.8, 4) is 11.5 Å². The maximum atomic E-state index is 6.01. The maximum absolute atomic E-state index is 6.01. The van der Waals surface area contributed by atoms with Crippen LogP contribution in [0.1, 0.15) is 36.2 Å². The molecule has 2 rings (SSSR count). The molecule has 0 saturated heterocycles. The Kier molecular flexibility index (Phi) is 4.63. The number of aryl methyl sites for hydroxylation is 2. The maximum Gasteiger partial charge on any atom is 0.145 e. The average molecular weight is 291 g/mol. The molecule has 3 nitrogen and oxygen atoms in total. The molecule has 0 saturated carbocycles. The van der Waals surface area contributed by atoms with Gasteiger partial charge in [0.1, 0.15) is 11.5 Å². The van der Waals surface area contributed by atoms with Crippen molar-refractivity contribution in [2.24, 2.45) is 5.73 Å². The third kappa shape index (κ3) is 3.30. The first kappa shape index (κ1) is 14.8. The van der Waals surface area contributed by atoms with Crippen LogP contribution in [0, 0.1) is 13.8 Å². The molecule has 4 heteroatoms. The fourth-order valence-electron chi connectivity index (χ4n) is 2.06. The second-order valence-corrected chi connectivity index (χ2v) is 5.34. The Morgan fingerprint density at radius 3 is 2.40 bits per heavy atom. The third-order valence-corrected chi connectivity index (χ3v) is 3.44. The summed E-state index contributed by atoms with van der Waals surface area (Å²) in [6.07, 6.45) is 2.57. The highest BCUT2D eigenvalue weighted by Crippen LogP contribution is 2.31. The van der Waals surface area contributed by atoms with Gasteiger partial charge in [-0.3, -0.25) is 4.98 Å². The van der Waals surface area contributed by atoms with Crippen LogP contribution in [0.3, 0.4) is 0 Å². The highest BCUT2D eigenvalue weighted by molar-refractivity contribution is 6.30. The van der Waals surface area contributed by atoms with Gasteiger partial charge in [-0.2, -0.15) is 0 Å². The fourth-order valence-corrected chi connectivity index (χ4v) is 2.38. The molecule has 0 aliphatic carbocycles. The van der Waals surface area contributed by atoms with Crippen LogP contribution in [-0.2, 0) is 0 Å². The molecule has 1 aromatic carbocycles. The molecule has 1 aromatic heterocycles. The predicted molar refractivity (Wildman–Crippen MR) is 82.5 cm³/mol. The first-order chi connectivity index (χ1) is 9.51. The first-order valence-electron chi connectivity index (χ1n) is 6.67. The van der Waals surface area contributed by atoms with Gasteiger partial charge in [0.15, 0.2) is 0 Å². The summed E-state index contributed by atoms with van der Waals surface area (Å²) in [5.74, 6) is 1.52. The van der Waals surface area contributed by atoms with Crippen LogP contribution < -0.4 is 10.5 Å². The van der Waals surface area contributed by atoms with E-state index in [0.717, 1.165) is 34.0 Å². The van der Waals surface area contributed by atoms with E-state index in [1.165, 1.54) is 0 Å². The molecule has 0 aliphatic rings. The van der Waals surface area contributed by atoms with Crippen molar-refractivity contribution in [2.45, 2.75) is 33.2 Å². The molecule has 1 unspecified atom stereocenters. The number of ether oxygens (including phenoxy) is 1. The van der Waals surface area contributed by atoms with E-state index in [4.69, 9.17) is 22.1 Å². The number of halogens is 1. The minimum atomic E-state index is -0.0249. The normalized spacial score (nSPS) is 12.2. The van der Waals surface area contributed by atoms with Crippen molar-refractivity contribution >= 4 is 11.6 Å². The lowest BCUT2D eigenvalue weighted by Crippen LogP contribution is -2.10. The zero-order valence-electron chi connectivity index (χ0n) is 12.0. The summed E-state index contributed by atoms with van der Waals surface area (Å²) < 4.78 is 5.90. The Labute approximate surface area is 124 Å². The van der Waals surface area contributed by atoms with Crippen molar-refractivity contribution in [2.75, 3.05) is 0 Å². The van der Waals surface area contributed by atoms with E-state index >= 15 is 0 Å². The Balaban J connectivity index is 2.23. The van der Waals surface area contributed by atoms with Gasteiger partial charge in [0.2, 0.25) is 0 Å². The van der Waals surface area contributed by atoms with Gasteiger partial charge in [-0.25, -0.2) is 0 Å². The minimum absolute atomic E-state index is 0.0249. The molecule has 106 valence electrons. The van der Waals surface area contributed by atoms with Crippen LogP contribution >= 0.6 is 11.6 Å². The highest BCUT2D eigenvalue weighted by atomic mass is 35.5. The lowest BCUT2D eigenvalue weighted by molar-refractivity contribution is 0.471. The summed E-state index contributed by atoms with van der Waals surface area (Å²) in [5.41, 5.74) is 8.83. The molecule has 1 heterocycles. The van der Waals surface area contributed by atoms with E-state index in [1.54, 1.807) is 6.20 Å². The van der Waals surface area contributed by atoms with Crippen LogP contribution in [0.25, 0.3) is 0 Å². The van der Waals surface area contributed by atoms with Crippen LogP contribution in [0.4, 0.5) is 0 Å². The van der Waals surface area contributed by atoms with Gasteiger partial charge in [-0.05, 0) is 55.7 Å². The van der Waals surface area contributed by atoms with E-state index < -0.39 is 0 Å². The van der Waals surface area contributed by atoms with E-state index in [1.807, 2.05) is 45.0 Å². The van der Waals surface area contributed by atoms with Gasteiger partial charge >= 0.3 is 0 Å². The second kappa shape index (κ2) is 6.25. The molecule has 0 radical (unpaired) electrons. The number of rotatable bonds is 4. The molecule has 20 heavy (non-hydrogen) atoms. The second-order valence-electron chi connectivity index (χ2n) is 4.90. The van der Waals surface area contributed by atoms with Crippen molar-refractivity contribution < 1.29 is 4.74 Å². The smallest absolute Gasteiger partial charge is 0.145 e. The zero-order chi connectivity index (χ0) is 14.7. The summed E-state index contributed by atoms with van der Waals surface area (Å²) in [6, 6.07) is 7.55. The van der Waals surface area contributed by atoms with Gasteiger partial charge in [0.25, 0.3) is 0 Å². The molecule has 1 atom stereocenters. The zero-order valence-corrected chi connectivity index (χ0v) is 12.7. The summed E-state index contributed by atoms with van der Waals surface area (Å²) in [5, 5.41) is 0.717. The number of nitrogens with two attached hydrogens (primary N) is 1. The molecule has 0 aliphatic heterocycles. The monoisotopic (exact) mass is 290 g/mol. The molecule has 0 spiro atoms. The van der Waals surface area contributed by atoms with Crippen LogP contribution in [0.5, 0.6) is 11.5 Å². The largest absolute Gasteiger partial charge is 0.455 e. The summed E-state index contributed by atoms with van der Waals surface area (Å²) in [4.78, 5) is 4.35. The van der Waals surface area contributed by atoms with E-state index in [9.17, 15) is 0 Å². The number of nitrogens with zero attached hydrogens (tertiary/aromatic N) is 1. The first-order valence-corrected chi connectivity index (χ1v) is 7.05. The number of benzene rings is 1. The molecule has 2 N–H and O–H groups in total. The lowest BCUT2D eigenvalue weighted by atomic mass is 10.1. The van der Waals surface area contributed by atoms with Gasteiger partial charge in [0.05, 0.1) is 11.9 Å². The van der Waals surface area contributed by atoms with Crippen molar-refractivity contribution in [1.82, 2.24) is 4.98 Å². The number of hydrogen-bond donors (Lipinski definition) is 1. The van der Waals surface area contributed by atoms with Gasteiger partial charge in [-0.1, -0.05) is 18.5 Å². The van der Waals surface area contributed by atoms with Crippen LogP contribution in [-0.4, -0.2) is 4.98 Å². The van der Waals surface area contributed by atoms with Gasteiger partial charge < -0.3 is 10.5 Å². The van der Waals surface area contributed by atoms with Crippen molar-refractivity contribution in [3.05, 3.63) is 52.3 Å². The van der Waals surface area contributed by atoms with Gasteiger partial charge in [0, 0.05) is 11.1 Å². The molecule has 0 bridgehead atoms. The Hall–Kier alpha value is -1.58. The minimum Gasteiger partial charge on any atom is -0.455 e. The van der Waals surface area contributed by atoms with Crippen molar-refractivity contribution in [3.63, 3.8) is 0 Å². The highest BCUT2D eigenvalue weighted by Gasteiger charge is 2.09. The number of pyridine rings is 1. The number of hydrogen-bond acceptors (Lipinski definition) is 3. The van der Waals surface area contributed by atoms with E-state index in [-0.39, 0.29) is 6.04 Å². The SMILES string of the molecule is CCC(N)c1ccc(Oc2c(C)cc(Cl)cc2C)cn1. The predicted octanol–water partition coefficient (Wildman–Crippen LogP) is 4.55. The molecule has 0 fully saturated rings. The Bertz CT molecular complexity index is 573. The Morgan fingerprint density at radius 2 is 1.90 bits per heavy atom. The van der Waals surface area contributed by atoms with E-state index in [0.29, 0.717) is 5.75 Å². The van der Waals surface area contributed by atoms with Crippen LogP contribution in [0.2, 0.25) is 5.02 Å². The molecule has 0 amide bonds. The standard InChI is InChI=1S/C16H19ClN2O/c1-4-14(18)15-6-5-13(9-19-15)20-16-10(2)7-12(17)8-11(16)3/h5-9,14H,4,18H2,1-3H3. The average Bonchev–Trinajstić information content (AvgIpc) is 2.42. The third-order valence-electron chi connectivity index (χ3n) is 3.22. The summed E-state index contributed by atoms with van der Waals surface area (Å²) >= 11 is 6.01. The van der Waals surface area contributed by atoms with Crippen molar-refractivity contribution in [1.29, 1.82) is 0 Å². The summed E-state index contributed by atoms with van der Waals surface area (Å²) in [6.45, 7) is 5.99. The quantitative estimate of drug-likeness (QED) is 0.898. The van der Waals surface area contributed by atoms with E-state index in [2.05, 4.69) is 4.98 Å². The topological polar surface area (TPSA) is 48.1 Å². The lowest BCUT2D eigenvalue weighted by Gasteiger charge is -2.13. The Morgan fingerprint density at radius 1 is 1.25 bits per heavy atom. The number of aromatic nitrogens is 1. The molecular formula is C16H19ClN2O. The van der Waals surface area contributed by atoms with Gasteiger partial charge in [-0.15, -0.1) is 0 Å². The summed E-state index contributed by atoms with van der Waals surface area (Å²) in [7, 11) is 0. The van der Waals surface area contributed by atoms with Crippen LogP contribution in [0.15, 0.2) is 30.5 Å². The molecular weight excluding hydrogens is 272 g/mol. The molecule has 2 aromatic rings.